The molecule has 0 spiro atoms. The van der Waals surface area contributed by atoms with E-state index in [4.69, 9.17) is 9.84 Å². The maximum atomic E-state index is 10.9. The van der Waals surface area contributed by atoms with Gasteiger partial charge in [-0.25, -0.2) is 0 Å². The molecule has 1 aromatic carbocycles. The Balaban J connectivity index is 3.16. The van der Waals surface area contributed by atoms with Gasteiger partial charge >= 0.3 is 5.97 Å². The van der Waals surface area contributed by atoms with Crippen molar-refractivity contribution >= 4 is 27.6 Å². The van der Waals surface area contributed by atoms with Crippen molar-refractivity contribution < 1.29 is 14.6 Å². The summed E-state index contributed by atoms with van der Waals surface area (Å²) in [6, 6.07) is 0. The quantitative estimate of drug-likeness (QED) is 0.867. The summed E-state index contributed by atoms with van der Waals surface area (Å²) in [6.45, 7) is 8.03. The van der Waals surface area contributed by atoms with Gasteiger partial charge in [0.1, 0.15) is 5.75 Å². The molecule has 19 heavy (non-hydrogen) atoms. The van der Waals surface area contributed by atoms with Crippen LogP contribution in [0, 0.1) is 26.7 Å². The summed E-state index contributed by atoms with van der Waals surface area (Å²) < 4.78 is 6.48. The highest BCUT2D eigenvalue weighted by molar-refractivity contribution is 9.10. The maximum Gasteiger partial charge on any atom is 0.308 e. The van der Waals surface area contributed by atoms with Crippen LogP contribution in [0.5, 0.6) is 5.75 Å². The van der Waals surface area contributed by atoms with Gasteiger partial charge in [0.15, 0.2) is 0 Å². The Labute approximate surface area is 122 Å². The molecule has 0 saturated carbocycles. The molecule has 1 rings (SSSR count). The lowest BCUT2D eigenvalue weighted by Gasteiger charge is -2.20. The highest BCUT2D eigenvalue weighted by Gasteiger charge is 2.18. The zero-order valence-electron chi connectivity index (χ0n) is 11.9. The molecule has 1 unspecified atom stereocenters. The van der Waals surface area contributed by atoms with E-state index in [0.717, 1.165) is 32.6 Å². The Morgan fingerprint density at radius 1 is 1.32 bits per heavy atom. The van der Waals surface area contributed by atoms with Crippen molar-refractivity contribution in [1.29, 1.82) is 0 Å². The summed E-state index contributed by atoms with van der Waals surface area (Å²) >= 11 is 3.57. The first-order chi connectivity index (χ1) is 8.81. The van der Waals surface area contributed by atoms with E-state index in [1.54, 1.807) is 14.0 Å². The van der Waals surface area contributed by atoms with Crippen molar-refractivity contribution in [3.05, 3.63) is 21.2 Å². The molecule has 0 fully saturated rings. The van der Waals surface area contributed by atoms with Crippen LogP contribution in [0.2, 0.25) is 0 Å². The van der Waals surface area contributed by atoms with Gasteiger partial charge in [0.2, 0.25) is 0 Å². The van der Waals surface area contributed by atoms with Crippen LogP contribution in [0.4, 0.5) is 5.69 Å². The average Bonchev–Trinajstić information content (AvgIpc) is 2.38. The minimum absolute atomic E-state index is 0.363. The molecule has 106 valence electrons. The van der Waals surface area contributed by atoms with Crippen LogP contribution in [0.3, 0.4) is 0 Å². The monoisotopic (exact) mass is 329 g/mol. The lowest BCUT2D eigenvalue weighted by Crippen LogP contribution is -2.20. The number of rotatable bonds is 5. The van der Waals surface area contributed by atoms with Gasteiger partial charge in [-0.05, 0) is 37.5 Å². The minimum Gasteiger partial charge on any atom is -0.494 e. The van der Waals surface area contributed by atoms with Crippen LogP contribution < -0.4 is 10.1 Å². The SMILES string of the molecule is COc1c(C)c(C)c(Br)c(C)c1NCC(C)C(=O)O. The molecule has 4 nitrogen and oxygen atoms in total. The molecule has 0 aliphatic carbocycles. The number of carboxylic acid groups (broad SMARTS) is 1. The molecular formula is C14H20BrNO3. The predicted octanol–water partition coefficient (Wildman–Crippen LogP) is 3.52. The molecule has 0 amide bonds. The second kappa shape index (κ2) is 6.28. The summed E-state index contributed by atoms with van der Waals surface area (Å²) in [5.74, 6) is -0.493. The molecule has 1 aromatic rings. The Morgan fingerprint density at radius 3 is 2.37 bits per heavy atom. The molecular weight excluding hydrogens is 310 g/mol. The van der Waals surface area contributed by atoms with E-state index in [-0.39, 0.29) is 0 Å². The molecule has 0 bridgehead atoms. The first-order valence-electron chi connectivity index (χ1n) is 6.11. The van der Waals surface area contributed by atoms with E-state index >= 15 is 0 Å². The Bertz CT molecular complexity index is 500. The van der Waals surface area contributed by atoms with Gasteiger partial charge in [-0.15, -0.1) is 0 Å². The van der Waals surface area contributed by atoms with Crippen LogP contribution in [0.25, 0.3) is 0 Å². The van der Waals surface area contributed by atoms with E-state index in [0.29, 0.717) is 6.54 Å². The van der Waals surface area contributed by atoms with Crippen LogP contribution in [0.1, 0.15) is 23.6 Å². The van der Waals surface area contributed by atoms with E-state index < -0.39 is 11.9 Å². The largest absolute Gasteiger partial charge is 0.494 e. The normalized spacial score (nSPS) is 12.1. The van der Waals surface area contributed by atoms with E-state index in [1.165, 1.54) is 0 Å². The Morgan fingerprint density at radius 2 is 1.89 bits per heavy atom. The first kappa shape index (κ1) is 15.8. The van der Waals surface area contributed by atoms with Crippen LogP contribution in [-0.4, -0.2) is 24.7 Å². The summed E-state index contributed by atoms with van der Waals surface area (Å²) in [7, 11) is 1.63. The summed E-state index contributed by atoms with van der Waals surface area (Å²) in [4.78, 5) is 10.9. The number of aliphatic carboxylic acids is 1. The Kier molecular flexibility index (Phi) is 5.23. The highest BCUT2D eigenvalue weighted by atomic mass is 79.9. The smallest absolute Gasteiger partial charge is 0.308 e. The zero-order valence-corrected chi connectivity index (χ0v) is 13.5. The topological polar surface area (TPSA) is 58.6 Å². The lowest BCUT2D eigenvalue weighted by atomic mass is 10.0. The molecule has 0 aromatic heterocycles. The number of anilines is 1. The summed E-state index contributed by atoms with van der Waals surface area (Å²) in [5, 5.41) is 12.1. The van der Waals surface area contributed by atoms with Gasteiger partial charge in [0, 0.05) is 11.0 Å². The van der Waals surface area contributed by atoms with Crippen molar-refractivity contribution in [3.8, 4) is 5.75 Å². The number of nitrogens with one attached hydrogen (secondary N) is 1. The molecule has 0 heterocycles. The minimum atomic E-state index is -0.813. The van der Waals surface area contributed by atoms with Crippen molar-refractivity contribution in [3.63, 3.8) is 0 Å². The fourth-order valence-corrected chi connectivity index (χ4v) is 2.39. The lowest BCUT2D eigenvalue weighted by molar-refractivity contribution is -0.140. The fourth-order valence-electron chi connectivity index (χ4n) is 1.89. The third kappa shape index (κ3) is 3.21. The van der Waals surface area contributed by atoms with Gasteiger partial charge in [0.05, 0.1) is 18.7 Å². The number of benzene rings is 1. The van der Waals surface area contributed by atoms with Crippen LogP contribution in [-0.2, 0) is 4.79 Å². The number of carboxylic acids is 1. The molecule has 2 N–H and O–H groups in total. The standard InChI is InChI=1S/C14H20BrNO3/c1-7(14(17)18)6-16-12-10(4)11(15)8(2)9(3)13(12)19-5/h7,16H,6H2,1-5H3,(H,17,18). The average molecular weight is 330 g/mol. The number of carbonyl (C=O) groups is 1. The maximum absolute atomic E-state index is 10.9. The van der Waals surface area contributed by atoms with Crippen molar-refractivity contribution in [1.82, 2.24) is 0 Å². The number of hydrogen-bond donors (Lipinski definition) is 2. The van der Waals surface area contributed by atoms with E-state index in [1.807, 2.05) is 20.8 Å². The van der Waals surface area contributed by atoms with Gasteiger partial charge in [-0.1, -0.05) is 22.9 Å². The molecule has 1 atom stereocenters. The van der Waals surface area contributed by atoms with E-state index in [9.17, 15) is 4.79 Å². The summed E-state index contributed by atoms with van der Waals surface area (Å²) in [6.07, 6.45) is 0. The van der Waals surface area contributed by atoms with Gasteiger partial charge in [0.25, 0.3) is 0 Å². The number of methoxy groups -OCH3 is 1. The second-order valence-electron chi connectivity index (χ2n) is 4.72. The first-order valence-corrected chi connectivity index (χ1v) is 6.90. The van der Waals surface area contributed by atoms with Crippen molar-refractivity contribution in [2.24, 2.45) is 5.92 Å². The van der Waals surface area contributed by atoms with Gasteiger partial charge in [-0.3, -0.25) is 4.79 Å². The molecule has 0 aliphatic rings. The number of hydrogen-bond acceptors (Lipinski definition) is 3. The zero-order chi connectivity index (χ0) is 14.7. The third-order valence-electron chi connectivity index (χ3n) is 3.37. The molecule has 5 heteroatoms. The van der Waals surface area contributed by atoms with Crippen molar-refractivity contribution in [2.45, 2.75) is 27.7 Å². The highest BCUT2D eigenvalue weighted by Crippen LogP contribution is 2.39. The van der Waals surface area contributed by atoms with Gasteiger partial charge < -0.3 is 15.2 Å². The number of halogens is 1. The third-order valence-corrected chi connectivity index (χ3v) is 4.56. The Hall–Kier alpha value is -1.23. The molecule has 0 saturated heterocycles. The molecule has 0 aliphatic heterocycles. The molecule has 0 radical (unpaired) electrons. The van der Waals surface area contributed by atoms with Crippen LogP contribution >= 0.6 is 15.9 Å². The van der Waals surface area contributed by atoms with Crippen molar-refractivity contribution in [2.75, 3.05) is 19.0 Å². The van der Waals surface area contributed by atoms with E-state index in [2.05, 4.69) is 21.2 Å². The van der Waals surface area contributed by atoms with Crippen LogP contribution in [0.15, 0.2) is 4.47 Å². The second-order valence-corrected chi connectivity index (χ2v) is 5.51. The summed E-state index contributed by atoms with van der Waals surface area (Å²) in [5.41, 5.74) is 4.06. The predicted molar refractivity (Wildman–Crippen MR) is 80.2 cm³/mol. The number of ether oxygens (including phenoxy) is 1. The van der Waals surface area contributed by atoms with Gasteiger partial charge in [-0.2, -0.15) is 0 Å². The fraction of sp³-hybridized carbons (Fsp3) is 0.500.